The van der Waals surface area contributed by atoms with Crippen LogP contribution in [0.5, 0.6) is 0 Å². The first-order valence-electron chi connectivity index (χ1n) is 8.45. The van der Waals surface area contributed by atoms with Crippen LogP contribution in [0.1, 0.15) is 44.9 Å². The summed E-state index contributed by atoms with van der Waals surface area (Å²) in [5, 5.41) is 3.19. The highest BCUT2D eigenvalue weighted by Gasteiger charge is 2.39. The first-order valence-corrected chi connectivity index (χ1v) is 9.99. The van der Waals surface area contributed by atoms with Gasteiger partial charge in [-0.2, -0.15) is 8.78 Å². The molecule has 1 atom stereocenters. The molecular weight excluding hydrogens is 336 g/mol. The second-order valence-electron chi connectivity index (χ2n) is 6.73. The van der Waals surface area contributed by atoms with Crippen molar-refractivity contribution in [3.05, 3.63) is 24.3 Å². The van der Waals surface area contributed by atoms with E-state index >= 15 is 0 Å². The van der Waals surface area contributed by atoms with Gasteiger partial charge in [0.25, 0.3) is 0 Å². The van der Waals surface area contributed by atoms with Crippen molar-refractivity contribution in [3.8, 4) is 0 Å². The summed E-state index contributed by atoms with van der Waals surface area (Å²) in [5.74, 6) is -3.42. The van der Waals surface area contributed by atoms with Crippen LogP contribution >= 0.6 is 0 Å². The van der Waals surface area contributed by atoms with Gasteiger partial charge < -0.3 is 10.1 Å². The average Bonchev–Trinajstić information content (AvgIpc) is 2.56. The summed E-state index contributed by atoms with van der Waals surface area (Å²) < 4.78 is 55.6. The van der Waals surface area contributed by atoms with Crippen LogP contribution in [0.25, 0.3) is 0 Å². The molecule has 4 nitrogen and oxygen atoms in total. The Balaban J connectivity index is 1.79. The molecule has 0 aromatic heterocycles. The molecule has 134 valence electrons. The van der Waals surface area contributed by atoms with Gasteiger partial charge in [-0.05, 0) is 37.8 Å². The minimum Gasteiger partial charge on any atom is -0.381 e. The molecule has 0 bridgehead atoms. The molecule has 1 spiro atoms. The Kier molecular flexibility index (Phi) is 5.11. The second kappa shape index (κ2) is 6.96. The third kappa shape index (κ3) is 3.57. The predicted molar refractivity (Wildman–Crippen MR) is 88.0 cm³/mol. The van der Waals surface area contributed by atoms with Crippen molar-refractivity contribution in [2.24, 2.45) is 0 Å². The Morgan fingerprint density at radius 3 is 2.58 bits per heavy atom. The van der Waals surface area contributed by atoms with E-state index in [4.69, 9.17) is 4.74 Å². The summed E-state index contributed by atoms with van der Waals surface area (Å²) in [5.41, 5.74) is 0.126. The van der Waals surface area contributed by atoms with Crippen LogP contribution in [-0.2, 0) is 14.6 Å². The first-order chi connectivity index (χ1) is 11.4. The molecule has 0 radical (unpaired) electrons. The van der Waals surface area contributed by atoms with Gasteiger partial charge in [0.15, 0.2) is 0 Å². The molecule has 3 rings (SSSR count). The molecule has 2 fully saturated rings. The lowest BCUT2D eigenvalue weighted by atomic mass is 9.78. The van der Waals surface area contributed by atoms with Gasteiger partial charge >= 0.3 is 5.76 Å². The molecule has 1 aromatic rings. The summed E-state index contributed by atoms with van der Waals surface area (Å²) in [6.07, 6.45) is 7.07. The number of ether oxygens (including phenoxy) is 1. The number of anilines is 1. The monoisotopic (exact) mass is 359 g/mol. The highest BCUT2D eigenvalue weighted by Crippen LogP contribution is 2.39. The number of hydrogen-bond acceptors (Lipinski definition) is 4. The molecule has 1 unspecified atom stereocenters. The van der Waals surface area contributed by atoms with E-state index < -0.39 is 15.6 Å². The molecule has 1 aromatic carbocycles. The first kappa shape index (κ1) is 17.6. The highest BCUT2D eigenvalue weighted by molar-refractivity contribution is 7.91. The van der Waals surface area contributed by atoms with Crippen molar-refractivity contribution in [3.63, 3.8) is 0 Å². The standard InChI is InChI=1S/C17H23F2NO3S/c18-16(19)24(21,22)15-7-3-2-6-14(15)20-13-8-11-23-17(12-13)9-4-1-5-10-17/h2-3,6-7,13,16,20H,1,4-5,8-12H2. The van der Waals surface area contributed by atoms with Gasteiger partial charge in [0.2, 0.25) is 9.84 Å². The van der Waals surface area contributed by atoms with Crippen LogP contribution in [0.15, 0.2) is 29.2 Å². The lowest BCUT2D eigenvalue weighted by Crippen LogP contribution is -2.45. The Labute approximate surface area is 141 Å². The topological polar surface area (TPSA) is 55.4 Å². The van der Waals surface area contributed by atoms with Crippen LogP contribution in [0.3, 0.4) is 0 Å². The molecule has 1 saturated carbocycles. The van der Waals surface area contributed by atoms with Crippen LogP contribution in [-0.4, -0.2) is 32.4 Å². The second-order valence-corrected chi connectivity index (χ2v) is 8.61. The maximum absolute atomic E-state index is 12.9. The number of nitrogens with one attached hydrogen (secondary N) is 1. The fourth-order valence-corrected chi connectivity index (χ4v) is 4.74. The lowest BCUT2D eigenvalue weighted by molar-refractivity contribution is -0.103. The van der Waals surface area contributed by atoms with Crippen LogP contribution < -0.4 is 5.32 Å². The SMILES string of the molecule is O=S(=O)(c1ccccc1NC1CCOC2(CCCCC2)C1)C(F)F. The fraction of sp³-hybridized carbons (Fsp3) is 0.647. The molecule has 1 aliphatic heterocycles. The summed E-state index contributed by atoms with van der Waals surface area (Å²) >= 11 is 0. The molecule has 7 heteroatoms. The van der Waals surface area contributed by atoms with E-state index in [-0.39, 0.29) is 22.2 Å². The molecule has 1 heterocycles. The smallest absolute Gasteiger partial charge is 0.341 e. The van der Waals surface area contributed by atoms with Gasteiger partial charge in [-0.15, -0.1) is 0 Å². The zero-order valence-electron chi connectivity index (χ0n) is 13.5. The fourth-order valence-electron chi connectivity index (χ4n) is 3.85. The van der Waals surface area contributed by atoms with E-state index in [1.165, 1.54) is 18.6 Å². The van der Waals surface area contributed by atoms with Gasteiger partial charge in [0.1, 0.15) is 0 Å². The van der Waals surface area contributed by atoms with Crippen molar-refractivity contribution < 1.29 is 21.9 Å². The van der Waals surface area contributed by atoms with Gasteiger partial charge in [0, 0.05) is 12.6 Å². The van der Waals surface area contributed by atoms with Gasteiger partial charge in [-0.25, -0.2) is 8.42 Å². The Morgan fingerprint density at radius 2 is 1.88 bits per heavy atom. The van der Waals surface area contributed by atoms with Gasteiger partial charge in [-0.3, -0.25) is 0 Å². The number of halogens is 2. The zero-order valence-corrected chi connectivity index (χ0v) is 14.3. The molecule has 1 saturated heterocycles. The normalized spacial score (nSPS) is 24.2. The third-order valence-electron chi connectivity index (χ3n) is 5.05. The Bertz CT molecular complexity index is 667. The quantitative estimate of drug-likeness (QED) is 0.884. The van der Waals surface area contributed by atoms with Gasteiger partial charge in [-0.1, -0.05) is 31.4 Å². The maximum atomic E-state index is 12.9. The maximum Gasteiger partial charge on any atom is 0.341 e. The lowest BCUT2D eigenvalue weighted by Gasteiger charge is -2.44. The zero-order chi connectivity index (χ0) is 17.2. The van der Waals surface area contributed by atoms with E-state index in [2.05, 4.69) is 5.32 Å². The van der Waals surface area contributed by atoms with E-state index in [0.29, 0.717) is 6.61 Å². The van der Waals surface area contributed by atoms with E-state index in [1.54, 1.807) is 12.1 Å². The van der Waals surface area contributed by atoms with Crippen LogP contribution in [0, 0.1) is 0 Å². The minimum absolute atomic E-state index is 0.0332. The van der Waals surface area contributed by atoms with Crippen molar-refractivity contribution in [2.75, 3.05) is 11.9 Å². The number of para-hydroxylation sites is 1. The molecule has 1 aliphatic carbocycles. The molecule has 0 amide bonds. The number of benzene rings is 1. The van der Waals surface area contributed by atoms with Crippen molar-refractivity contribution in [1.29, 1.82) is 0 Å². The summed E-state index contributed by atoms with van der Waals surface area (Å²) in [7, 11) is -4.62. The van der Waals surface area contributed by atoms with E-state index in [1.807, 2.05) is 0 Å². The van der Waals surface area contributed by atoms with Gasteiger partial charge in [0.05, 0.1) is 16.2 Å². The average molecular weight is 359 g/mol. The number of rotatable bonds is 4. The van der Waals surface area contributed by atoms with E-state index in [0.717, 1.165) is 38.5 Å². The van der Waals surface area contributed by atoms with Crippen LogP contribution in [0.2, 0.25) is 0 Å². The molecular formula is C17H23F2NO3S. The highest BCUT2D eigenvalue weighted by atomic mass is 32.2. The number of sulfone groups is 1. The Hall–Kier alpha value is -1.21. The summed E-state index contributed by atoms with van der Waals surface area (Å²) in [4.78, 5) is -0.329. The van der Waals surface area contributed by atoms with Crippen molar-refractivity contribution >= 4 is 15.5 Å². The van der Waals surface area contributed by atoms with Crippen LogP contribution in [0.4, 0.5) is 14.5 Å². The molecule has 2 aliphatic rings. The number of alkyl halides is 2. The third-order valence-corrected chi connectivity index (χ3v) is 6.48. The summed E-state index contributed by atoms with van der Waals surface area (Å²) in [6, 6.07) is 5.94. The van der Waals surface area contributed by atoms with Crippen molar-refractivity contribution in [2.45, 2.75) is 67.2 Å². The summed E-state index contributed by atoms with van der Waals surface area (Å²) in [6.45, 7) is 0.613. The minimum atomic E-state index is -4.62. The number of hydrogen-bond donors (Lipinski definition) is 1. The molecule has 24 heavy (non-hydrogen) atoms. The predicted octanol–water partition coefficient (Wildman–Crippen LogP) is 3.98. The largest absolute Gasteiger partial charge is 0.381 e. The molecule has 1 N–H and O–H groups in total. The van der Waals surface area contributed by atoms with Crippen molar-refractivity contribution in [1.82, 2.24) is 0 Å². The van der Waals surface area contributed by atoms with E-state index in [9.17, 15) is 17.2 Å². The Morgan fingerprint density at radius 1 is 1.17 bits per heavy atom.